The number of hydrogen-bond acceptors (Lipinski definition) is 1. The molecule has 0 aromatic rings. The molecule has 17 heavy (non-hydrogen) atoms. The van der Waals surface area contributed by atoms with Crippen molar-refractivity contribution in [1.29, 1.82) is 0 Å². The van der Waals surface area contributed by atoms with Crippen LogP contribution in [0.2, 0.25) is 0 Å². The highest BCUT2D eigenvalue weighted by molar-refractivity contribution is 4.73. The van der Waals surface area contributed by atoms with Crippen molar-refractivity contribution in [1.82, 2.24) is 0 Å². The summed E-state index contributed by atoms with van der Waals surface area (Å²) in [6.45, 7) is 3.77. The maximum atomic E-state index is 11.9. The molecule has 1 atom stereocenters. The highest BCUT2D eigenvalue weighted by atomic mass is 19.4. The zero-order valence-corrected chi connectivity index (χ0v) is 10.9. The van der Waals surface area contributed by atoms with Gasteiger partial charge in [0.05, 0.1) is 5.60 Å². The number of halogens is 3. The van der Waals surface area contributed by atoms with E-state index in [4.69, 9.17) is 0 Å². The summed E-state index contributed by atoms with van der Waals surface area (Å²) in [5.74, 6) is 0. The Bertz CT molecular complexity index is 188. The SMILES string of the molecule is CCCCCCCC(C)(O)CCCC(F)(F)F. The lowest BCUT2D eigenvalue weighted by atomic mass is 9.92. The van der Waals surface area contributed by atoms with Crippen LogP contribution in [0.3, 0.4) is 0 Å². The summed E-state index contributed by atoms with van der Waals surface area (Å²) in [7, 11) is 0. The van der Waals surface area contributed by atoms with Gasteiger partial charge in [0.1, 0.15) is 0 Å². The molecule has 0 aliphatic carbocycles. The van der Waals surface area contributed by atoms with Gasteiger partial charge in [-0.25, -0.2) is 0 Å². The molecule has 0 aliphatic heterocycles. The van der Waals surface area contributed by atoms with Crippen molar-refractivity contribution in [3.05, 3.63) is 0 Å². The largest absolute Gasteiger partial charge is 0.390 e. The fraction of sp³-hybridized carbons (Fsp3) is 1.00. The molecule has 1 nitrogen and oxygen atoms in total. The summed E-state index contributed by atoms with van der Waals surface area (Å²) < 4.78 is 35.8. The number of unbranched alkanes of at least 4 members (excludes halogenated alkanes) is 4. The molecule has 0 heterocycles. The van der Waals surface area contributed by atoms with Crippen LogP contribution in [0.25, 0.3) is 0 Å². The van der Waals surface area contributed by atoms with Crippen LogP contribution in [0.1, 0.15) is 71.6 Å². The number of aliphatic hydroxyl groups is 1. The molecule has 0 fully saturated rings. The van der Waals surface area contributed by atoms with E-state index in [0.717, 1.165) is 19.3 Å². The van der Waals surface area contributed by atoms with E-state index in [-0.39, 0.29) is 12.8 Å². The van der Waals surface area contributed by atoms with Crippen molar-refractivity contribution < 1.29 is 18.3 Å². The number of hydrogen-bond donors (Lipinski definition) is 1. The van der Waals surface area contributed by atoms with Gasteiger partial charge in [0.25, 0.3) is 0 Å². The number of alkyl halides is 3. The van der Waals surface area contributed by atoms with Crippen LogP contribution in [0.5, 0.6) is 0 Å². The molecule has 0 saturated carbocycles. The average molecular weight is 254 g/mol. The standard InChI is InChI=1S/C13H25F3O/c1-3-4-5-6-7-9-12(2,17)10-8-11-13(14,15)16/h17H,3-11H2,1-2H3. The van der Waals surface area contributed by atoms with E-state index in [9.17, 15) is 18.3 Å². The van der Waals surface area contributed by atoms with Gasteiger partial charge in [-0.2, -0.15) is 13.2 Å². The van der Waals surface area contributed by atoms with Crippen LogP contribution < -0.4 is 0 Å². The molecule has 1 N–H and O–H groups in total. The Morgan fingerprint density at radius 2 is 1.35 bits per heavy atom. The second-order valence-electron chi connectivity index (χ2n) is 5.13. The fourth-order valence-electron chi connectivity index (χ4n) is 1.90. The molecule has 0 aromatic heterocycles. The van der Waals surface area contributed by atoms with E-state index >= 15 is 0 Å². The van der Waals surface area contributed by atoms with E-state index in [1.54, 1.807) is 6.92 Å². The van der Waals surface area contributed by atoms with Gasteiger partial charge in [0.15, 0.2) is 0 Å². The topological polar surface area (TPSA) is 20.2 Å². The van der Waals surface area contributed by atoms with Crippen LogP contribution in [0.15, 0.2) is 0 Å². The lowest BCUT2D eigenvalue weighted by molar-refractivity contribution is -0.137. The maximum absolute atomic E-state index is 11.9. The van der Waals surface area contributed by atoms with Gasteiger partial charge in [0, 0.05) is 6.42 Å². The fourth-order valence-corrected chi connectivity index (χ4v) is 1.90. The van der Waals surface area contributed by atoms with E-state index in [2.05, 4.69) is 6.92 Å². The predicted molar refractivity (Wildman–Crippen MR) is 63.9 cm³/mol. The van der Waals surface area contributed by atoms with Gasteiger partial charge in [-0.1, -0.05) is 39.0 Å². The molecule has 0 aliphatic rings. The van der Waals surface area contributed by atoms with Crippen LogP contribution in [-0.2, 0) is 0 Å². The highest BCUT2D eigenvalue weighted by Crippen LogP contribution is 2.27. The molecule has 4 heteroatoms. The van der Waals surface area contributed by atoms with Crippen LogP contribution in [0, 0.1) is 0 Å². The van der Waals surface area contributed by atoms with Crippen LogP contribution in [-0.4, -0.2) is 16.9 Å². The minimum atomic E-state index is -4.10. The quantitative estimate of drug-likeness (QED) is 0.584. The number of rotatable bonds is 9. The molecule has 0 saturated heterocycles. The van der Waals surface area contributed by atoms with E-state index in [1.165, 1.54) is 12.8 Å². The third-order valence-corrected chi connectivity index (χ3v) is 2.99. The third-order valence-electron chi connectivity index (χ3n) is 2.99. The predicted octanol–water partition coefficient (Wildman–Crippen LogP) is 4.83. The van der Waals surface area contributed by atoms with Crippen molar-refractivity contribution in [2.45, 2.75) is 83.4 Å². The zero-order valence-electron chi connectivity index (χ0n) is 10.9. The Labute approximate surface area is 102 Å². The Morgan fingerprint density at radius 1 is 0.824 bits per heavy atom. The van der Waals surface area contributed by atoms with Gasteiger partial charge in [-0.15, -0.1) is 0 Å². The van der Waals surface area contributed by atoms with Crippen LogP contribution >= 0.6 is 0 Å². The summed E-state index contributed by atoms with van der Waals surface area (Å²) in [6.07, 6.45) is 1.44. The Morgan fingerprint density at radius 3 is 1.88 bits per heavy atom. The average Bonchev–Trinajstić information content (AvgIpc) is 2.14. The van der Waals surface area contributed by atoms with Gasteiger partial charge in [-0.3, -0.25) is 0 Å². The summed E-state index contributed by atoms with van der Waals surface area (Å²) >= 11 is 0. The highest BCUT2D eigenvalue weighted by Gasteiger charge is 2.28. The molecule has 104 valence electrons. The molecular formula is C13H25F3O. The van der Waals surface area contributed by atoms with Gasteiger partial charge in [0.2, 0.25) is 0 Å². The molecule has 0 aromatic carbocycles. The normalized spacial score (nSPS) is 15.9. The second-order valence-corrected chi connectivity index (χ2v) is 5.13. The van der Waals surface area contributed by atoms with E-state index in [1.807, 2.05) is 0 Å². The van der Waals surface area contributed by atoms with Crippen molar-refractivity contribution in [3.63, 3.8) is 0 Å². The Hall–Kier alpha value is -0.250. The van der Waals surface area contributed by atoms with Crippen molar-refractivity contribution in [3.8, 4) is 0 Å². The lowest BCUT2D eigenvalue weighted by Gasteiger charge is -2.23. The first-order valence-corrected chi connectivity index (χ1v) is 6.56. The summed E-state index contributed by atoms with van der Waals surface area (Å²) in [6, 6.07) is 0. The summed E-state index contributed by atoms with van der Waals surface area (Å²) in [4.78, 5) is 0. The third kappa shape index (κ3) is 12.0. The molecule has 0 rings (SSSR count). The molecule has 0 spiro atoms. The first-order chi connectivity index (χ1) is 7.77. The lowest BCUT2D eigenvalue weighted by Crippen LogP contribution is -2.24. The monoisotopic (exact) mass is 254 g/mol. The maximum Gasteiger partial charge on any atom is 0.389 e. The molecule has 0 radical (unpaired) electrons. The summed E-state index contributed by atoms with van der Waals surface area (Å²) in [5.41, 5.74) is -0.933. The van der Waals surface area contributed by atoms with E-state index < -0.39 is 18.2 Å². The van der Waals surface area contributed by atoms with E-state index in [0.29, 0.717) is 6.42 Å². The van der Waals surface area contributed by atoms with Crippen LogP contribution in [0.4, 0.5) is 13.2 Å². The van der Waals surface area contributed by atoms with Crippen molar-refractivity contribution in [2.24, 2.45) is 0 Å². The smallest absolute Gasteiger partial charge is 0.389 e. The molecular weight excluding hydrogens is 229 g/mol. The minimum absolute atomic E-state index is 0.0193. The van der Waals surface area contributed by atoms with Crippen molar-refractivity contribution in [2.75, 3.05) is 0 Å². The molecule has 1 unspecified atom stereocenters. The van der Waals surface area contributed by atoms with Gasteiger partial charge < -0.3 is 5.11 Å². The van der Waals surface area contributed by atoms with Gasteiger partial charge in [-0.05, 0) is 26.2 Å². The molecule has 0 bridgehead atoms. The van der Waals surface area contributed by atoms with Gasteiger partial charge >= 0.3 is 6.18 Å². The Kier molecular flexibility index (Phi) is 7.84. The Balaban J connectivity index is 3.58. The first-order valence-electron chi connectivity index (χ1n) is 6.56. The zero-order chi connectivity index (χ0) is 13.4. The second kappa shape index (κ2) is 7.96. The molecule has 0 amide bonds. The minimum Gasteiger partial charge on any atom is -0.390 e. The summed E-state index contributed by atoms with van der Waals surface area (Å²) in [5, 5.41) is 9.90. The van der Waals surface area contributed by atoms with Crippen molar-refractivity contribution >= 4 is 0 Å². The first kappa shape index (κ1) is 16.8.